The van der Waals surface area contributed by atoms with Crippen molar-refractivity contribution >= 4 is 6.03 Å². The van der Waals surface area contributed by atoms with Crippen molar-refractivity contribution in [2.24, 2.45) is 11.7 Å². The molecule has 1 aliphatic heterocycles. The molecule has 0 radical (unpaired) electrons. The minimum atomic E-state index is -0.970. The van der Waals surface area contributed by atoms with Gasteiger partial charge < -0.3 is 30.9 Å². The average molecular weight is 546 g/mol. The highest BCUT2D eigenvalue weighted by atomic mass is 16.5. The van der Waals surface area contributed by atoms with Crippen LogP contribution in [0.4, 0.5) is 4.79 Å². The number of carbonyl (C=O) groups is 1. The molecule has 4 rings (SSSR count). The van der Waals surface area contributed by atoms with Crippen molar-refractivity contribution in [1.29, 1.82) is 0 Å². The number of amides is 2. The molecule has 2 amide bonds. The number of carbonyl (C=O) groups excluding carboxylic acids is 1. The minimum absolute atomic E-state index is 0.0812. The van der Waals surface area contributed by atoms with Gasteiger partial charge in [0.2, 0.25) is 0 Å². The van der Waals surface area contributed by atoms with Crippen LogP contribution in [0.1, 0.15) is 47.1 Å². The van der Waals surface area contributed by atoms with Gasteiger partial charge in [0.25, 0.3) is 0 Å². The number of primary amides is 1. The summed E-state index contributed by atoms with van der Waals surface area (Å²) in [5.41, 5.74) is 12.0. The number of urea groups is 1. The average Bonchev–Trinajstić information content (AvgIpc) is 2.94. The van der Waals surface area contributed by atoms with E-state index in [4.69, 9.17) is 15.2 Å². The highest BCUT2D eigenvalue weighted by molar-refractivity contribution is 5.72. The van der Waals surface area contributed by atoms with Gasteiger partial charge >= 0.3 is 6.03 Å². The summed E-state index contributed by atoms with van der Waals surface area (Å²) in [5, 5.41) is 18.3. The van der Waals surface area contributed by atoms with Gasteiger partial charge in [-0.05, 0) is 65.3 Å². The quantitative estimate of drug-likeness (QED) is 0.265. The predicted molar refractivity (Wildman–Crippen MR) is 159 cm³/mol. The zero-order valence-corrected chi connectivity index (χ0v) is 23.9. The van der Waals surface area contributed by atoms with Crippen LogP contribution in [0.2, 0.25) is 0 Å². The summed E-state index contributed by atoms with van der Waals surface area (Å²) in [4.78, 5) is 11.1. The molecule has 0 spiro atoms. The van der Waals surface area contributed by atoms with Crippen LogP contribution in [0.5, 0.6) is 0 Å². The van der Waals surface area contributed by atoms with Gasteiger partial charge in [0.15, 0.2) is 0 Å². The Morgan fingerprint density at radius 1 is 1.15 bits per heavy atom. The summed E-state index contributed by atoms with van der Waals surface area (Å²) < 4.78 is 11.0. The Kier molecular flexibility index (Phi) is 10.3. The maximum absolute atomic E-state index is 12.1. The van der Waals surface area contributed by atoms with Crippen molar-refractivity contribution in [3.05, 3.63) is 94.5 Å². The molecule has 5 N–H and O–H groups in total. The zero-order valence-electron chi connectivity index (χ0n) is 23.9. The Balaban J connectivity index is 1.52. The van der Waals surface area contributed by atoms with Gasteiger partial charge in [-0.2, -0.15) is 0 Å². The lowest BCUT2D eigenvalue weighted by atomic mass is 9.72. The molecule has 0 aliphatic carbocycles. The Morgan fingerprint density at radius 2 is 1.93 bits per heavy atom. The van der Waals surface area contributed by atoms with E-state index >= 15 is 0 Å². The molecule has 0 bridgehead atoms. The van der Waals surface area contributed by atoms with Crippen LogP contribution in [-0.4, -0.2) is 51.1 Å². The predicted octanol–water partition coefficient (Wildman–Crippen LogP) is 4.64. The number of aryl methyl sites for hydroxylation is 1. The lowest BCUT2D eigenvalue weighted by molar-refractivity contribution is -0.0156. The van der Waals surface area contributed by atoms with Crippen LogP contribution in [0.15, 0.2) is 66.7 Å². The number of benzene rings is 3. The third-order valence-electron chi connectivity index (χ3n) is 7.85. The molecular weight excluding hydrogens is 502 g/mol. The minimum Gasteiger partial charge on any atom is -0.384 e. The summed E-state index contributed by atoms with van der Waals surface area (Å²) in [7, 11) is 1.71. The number of hydrogen-bond donors (Lipinski definition) is 4. The van der Waals surface area contributed by atoms with E-state index in [1.54, 1.807) is 7.11 Å². The van der Waals surface area contributed by atoms with Gasteiger partial charge in [-0.3, -0.25) is 0 Å². The molecule has 1 aliphatic rings. The molecule has 1 heterocycles. The van der Waals surface area contributed by atoms with E-state index in [0.29, 0.717) is 51.7 Å². The number of rotatable bonds is 12. The molecule has 1 unspecified atom stereocenters. The van der Waals surface area contributed by atoms with E-state index in [0.717, 1.165) is 45.5 Å². The van der Waals surface area contributed by atoms with Gasteiger partial charge in [-0.1, -0.05) is 73.7 Å². The van der Waals surface area contributed by atoms with E-state index in [9.17, 15) is 9.90 Å². The van der Waals surface area contributed by atoms with E-state index in [1.165, 1.54) is 0 Å². The number of ether oxygens (including phenoxy) is 2. The lowest BCUT2D eigenvalue weighted by Crippen LogP contribution is -2.46. The third kappa shape index (κ3) is 7.29. The van der Waals surface area contributed by atoms with Crippen molar-refractivity contribution in [1.82, 2.24) is 10.6 Å². The van der Waals surface area contributed by atoms with E-state index in [2.05, 4.69) is 79.1 Å². The second-order valence-electron chi connectivity index (χ2n) is 11.0. The van der Waals surface area contributed by atoms with E-state index in [1.807, 2.05) is 12.1 Å². The number of methoxy groups -OCH3 is 1. The number of aliphatic hydroxyl groups is 1. The molecule has 0 aromatic heterocycles. The molecule has 40 heavy (non-hydrogen) atoms. The molecule has 7 nitrogen and oxygen atoms in total. The first-order valence-electron chi connectivity index (χ1n) is 14.1. The van der Waals surface area contributed by atoms with Crippen molar-refractivity contribution in [2.75, 3.05) is 40.0 Å². The molecular formula is C33H43N3O4. The molecule has 0 saturated carbocycles. The smallest absolute Gasteiger partial charge is 0.312 e. The summed E-state index contributed by atoms with van der Waals surface area (Å²) in [6, 6.07) is 22.5. The fourth-order valence-corrected chi connectivity index (χ4v) is 5.76. The molecule has 3 aromatic rings. The maximum atomic E-state index is 12.1. The Morgan fingerprint density at radius 3 is 2.65 bits per heavy atom. The fourth-order valence-electron chi connectivity index (χ4n) is 5.76. The van der Waals surface area contributed by atoms with Crippen LogP contribution >= 0.6 is 0 Å². The maximum Gasteiger partial charge on any atom is 0.312 e. The summed E-state index contributed by atoms with van der Waals surface area (Å²) in [5.74, 6) is 0.268. The van der Waals surface area contributed by atoms with Gasteiger partial charge in [-0.25, -0.2) is 4.79 Å². The second kappa shape index (κ2) is 13.9. The second-order valence-corrected chi connectivity index (χ2v) is 11.0. The first-order valence-corrected chi connectivity index (χ1v) is 14.1. The molecule has 1 fully saturated rings. The van der Waals surface area contributed by atoms with Crippen LogP contribution in [-0.2, 0) is 28.1 Å². The first-order chi connectivity index (χ1) is 19.3. The number of nitrogens with one attached hydrogen (secondary N) is 2. The normalized spacial score (nSPS) is 19.8. The Bertz CT molecular complexity index is 1260. The van der Waals surface area contributed by atoms with Crippen LogP contribution in [0.3, 0.4) is 0 Å². The standard InChI is InChI=1S/C33H43N3O4/c1-23(20-39-3)21-40-22-25-8-11-28(12-9-25)33(38)15-17-35-19-31(33)29-13-10-27(18-24(29)2)30-7-5-4-6-26(30)14-16-36-32(34)37/h4-13,18,23,31,35,38H,14-17,19-22H2,1-3H3,(H3,34,36,37)/t23-,31+,33?/m0/s1. The van der Waals surface area contributed by atoms with Crippen LogP contribution in [0.25, 0.3) is 11.1 Å². The highest BCUT2D eigenvalue weighted by Crippen LogP contribution is 2.43. The number of nitrogens with two attached hydrogens (primary N) is 1. The van der Waals surface area contributed by atoms with Gasteiger partial charge in [-0.15, -0.1) is 0 Å². The number of piperidine rings is 1. The first kappa shape index (κ1) is 29.7. The van der Waals surface area contributed by atoms with Crippen molar-refractivity contribution in [2.45, 2.75) is 44.8 Å². The fraction of sp³-hybridized carbons (Fsp3) is 0.424. The zero-order chi connectivity index (χ0) is 28.5. The topological polar surface area (TPSA) is 106 Å². The summed E-state index contributed by atoms with van der Waals surface area (Å²) in [6.07, 6.45) is 1.33. The van der Waals surface area contributed by atoms with Crippen LogP contribution < -0.4 is 16.4 Å². The largest absolute Gasteiger partial charge is 0.384 e. The summed E-state index contributed by atoms with van der Waals surface area (Å²) in [6.45, 7) is 8.06. The Labute approximate surface area is 238 Å². The molecule has 3 atom stereocenters. The Hall–Kier alpha value is -3.23. The summed E-state index contributed by atoms with van der Waals surface area (Å²) >= 11 is 0. The lowest BCUT2D eigenvalue weighted by Gasteiger charge is -2.42. The van der Waals surface area contributed by atoms with Crippen molar-refractivity contribution in [3.63, 3.8) is 0 Å². The van der Waals surface area contributed by atoms with Crippen molar-refractivity contribution in [3.8, 4) is 11.1 Å². The van der Waals surface area contributed by atoms with Gasteiger partial charge in [0.05, 0.1) is 25.4 Å². The van der Waals surface area contributed by atoms with Crippen LogP contribution in [0, 0.1) is 12.8 Å². The molecule has 214 valence electrons. The SMILES string of the molecule is COC[C@H](C)COCc1ccc(C2(O)CCNC[C@@H]2c2ccc(-c3ccccc3CCNC(N)=O)cc2C)cc1. The third-order valence-corrected chi connectivity index (χ3v) is 7.85. The number of hydrogen-bond acceptors (Lipinski definition) is 5. The van der Waals surface area contributed by atoms with Gasteiger partial charge in [0.1, 0.15) is 0 Å². The van der Waals surface area contributed by atoms with Gasteiger partial charge in [0, 0.05) is 32.0 Å². The molecule has 7 heteroatoms. The highest BCUT2D eigenvalue weighted by Gasteiger charge is 2.41. The monoisotopic (exact) mass is 545 g/mol. The van der Waals surface area contributed by atoms with Crippen molar-refractivity contribution < 1.29 is 19.4 Å². The van der Waals surface area contributed by atoms with E-state index < -0.39 is 11.6 Å². The van der Waals surface area contributed by atoms with E-state index in [-0.39, 0.29) is 5.92 Å². The molecule has 3 aromatic carbocycles. The molecule has 1 saturated heterocycles.